The van der Waals surface area contributed by atoms with Crippen LogP contribution in [0.2, 0.25) is 0 Å². The summed E-state index contributed by atoms with van der Waals surface area (Å²) >= 11 is 3.49. The first kappa shape index (κ1) is 21.3. The van der Waals surface area contributed by atoms with E-state index < -0.39 is 6.03 Å². The second-order valence-electron chi connectivity index (χ2n) is 7.11. The first-order valence-corrected chi connectivity index (χ1v) is 10.6. The first-order chi connectivity index (χ1) is 15.5. The summed E-state index contributed by atoms with van der Waals surface area (Å²) in [6.45, 7) is 0.468. The lowest BCUT2D eigenvalue weighted by molar-refractivity contribution is -0.123. The van der Waals surface area contributed by atoms with Crippen molar-refractivity contribution in [2.45, 2.75) is 13.2 Å². The zero-order valence-electron chi connectivity index (χ0n) is 16.9. The Balaban J connectivity index is 1.46. The van der Waals surface area contributed by atoms with E-state index in [9.17, 15) is 14.9 Å². The summed E-state index contributed by atoms with van der Waals surface area (Å²) in [6, 6.07) is 23.7. The van der Waals surface area contributed by atoms with Gasteiger partial charge in [-0.15, -0.1) is 0 Å². The molecule has 0 bridgehead atoms. The number of carbonyl (C=O) groups is 2. The molecule has 1 N–H and O–H groups in total. The van der Waals surface area contributed by atoms with Gasteiger partial charge in [0.2, 0.25) is 0 Å². The van der Waals surface area contributed by atoms with Crippen LogP contribution in [0, 0.1) is 11.3 Å². The highest BCUT2D eigenvalue weighted by Gasteiger charge is 2.33. The quantitative estimate of drug-likeness (QED) is 0.392. The Morgan fingerprint density at radius 1 is 1.03 bits per heavy atom. The molecule has 0 spiro atoms. The molecule has 0 atom stereocenters. The Morgan fingerprint density at radius 2 is 1.78 bits per heavy atom. The van der Waals surface area contributed by atoms with Crippen LogP contribution in [0.1, 0.15) is 22.3 Å². The molecule has 4 rings (SSSR count). The smallest absolute Gasteiger partial charge is 0.329 e. The van der Waals surface area contributed by atoms with Gasteiger partial charge in [-0.2, -0.15) is 5.26 Å². The molecule has 3 aromatic rings. The lowest BCUT2D eigenvalue weighted by atomic mass is 10.1. The maximum absolute atomic E-state index is 12.7. The Labute approximate surface area is 193 Å². The third-order valence-electron chi connectivity index (χ3n) is 4.93. The molecule has 1 fully saturated rings. The minimum Gasteiger partial charge on any atom is -0.488 e. The summed E-state index contributed by atoms with van der Waals surface area (Å²) in [7, 11) is 0. The van der Waals surface area contributed by atoms with Crippen molar-refractivity contribution < 1.29 is 14.3 Å². The van der Waals surface area contributed by atoms with E-state index in [4.69, 9.17) is 4.74 Å². The van der Waals surface area contributed by atoms with Crippen molar-refractivity contribution >= 4 is 33.9 Å². The topological polar surface area (TPSA) is 82.4 Å². The Morgan fingerprint density at radius 3 is 2.53 bits per heavy atom. The third kappa shape index (κ3) is 4.71. The van der Waals surface area contributed by atoms with Crippen LogP contribution in [0.5, 0.6) is 5.75 Å². The van der Waals surface area contributed by atoms with Gasteiger partial charge in [0.15, 0.2) is 0 Å². The van der Waals surface area contributed by atoms with Crippen molar-refractivity contribution in [1.29, 1.82) is 5.26 Å². The lowest BCUT2D eigenvalue weighted by Gasteiger charge is -2.11. The van der Waals surface area contributed by atoms with Gasteiger partial charge in [0, 0.05) is 5.56 Å². The molecule has 0 unspecified atom stereocenters. The molecule has 1 aliphatic heterocycles. The first-order valence-electron chi connectivity index (χ1n) is 9.84. The van der Waals surface area contributed by atoms with Gasteiger partial charge in [0.05, 0.1) is 22.7 Å². The molecule has 1 saturated heterocycles. The number of benzene rings is 3. The van der Waals surface area contributed by atoms with E-state index in [1.807, 2.05) is 48.5 Å². The summed E-state index contributed by atoms with van der Waals surface area (Å²) < 4.78 is 6.54. The molecule has 7 heteroatoms. The van der Waals surface area contributed by atoms with Crippen LogP contribution in [-0.4, -0.2) is 16.8 Å². The minimum absolute atomic E-state index is 0.212. The Hall–Kier alpha value is -3.89. The maximum atomic E-state index is 12.7. The van der Waals surface area contributed by atoms with E-state index in [-0.39, 0.29) is 24.8 Å². The molecule has 1 aliphatic rings. The number of rotatable bonds is 6. The summed E-state index contributed by atoms with van der Waals surface area (Å²) in [5.41, 5.74) is 3.19. The molecular formula is C25H18BrN3O3. The fourth-order valence-electron chi connectivity index (χ4n) is 3.28. The molecule has 3 amide bonds. The number of carbonyl (C=O) groups excluding carboxylic acids is 2. The SMILES string of the molecule is N#Cc1ccccc1COc1ccc(/C=C2/NC(=O)N(Cc3ccccc3)C2=O)cc1Br. The molecule has 1 heterocycles. The van der Waals surface area contributed by atoms with Crippen molar-refractivity contribution in [3.8, 4) is 11.8 Å². The van der Waals surface area contributed by atoms with E-state index in [0.717, 1.165) is 16.7 Å². The molecule has 0 radical (unpaired) electrons. The fraction of sp³-hybridized carbons (Fsp3) is 0.0800. The molecule has 6 nitrogen and oxygen atoms in total. The predicted molar refractivity (Wildman–Crippen MR) is 123 cm³/mol. The van der Waals surface area contributed by atoms with Crippen LogP contribution in [0.4, 0.5) is 4.79 Å². The molecule has 3 aromatic carbocycles. The van der Waals surface area contributed by atoms with Crippen LogP contribution < -0.4 is 10.1 Å². The zero-order chi connectivity index (χ0) is 22.5. The molecule has 158 valence electrons. The van der Waals surface area contributed by atoms with Gasteiger partial charge in [0.25, 0.3) is 5.91 Å². The number of halogens is 1. The summed E-state index contributed by atoms with van der Waals surface area (Å²) in [5.74, 6) is 0.232. The van der Waals surface area contributed by atoms with E-state index in [2.05, 4.69) is 27.3 Å². The number of urea groups is 1. The average molecular weight is 488 g/mol. The number of hydrogen-bond acceptors (Lipinski definition) is 4. The van der Waals surface area contributed by atoms with Gasteiger partial charge in [-0.25, -0.2) is 4.79 Å². The number of nitriles is 1. The third-order valence-corrected chi connectivity index (χ3v) is 5.55. The van der Waals surface area contributed by atoms with Crippen LogP contribution in [0.25, 0.3) is 6.08 Å². The largest absolute Gasteiger partial charge is 0.488 e. The highest BCUT2D eigenvalue weighted by atomic mass is 79.9. The summed E-state index contributed by atoms with van der Waals surface area (Å²) in [5, 5.41) is 11.8. The Kier molecular flexibility index (Phi) is 6.34. The molecular weight excluding hydrogens is 470 g/mol. The van der Waals surface area contributed by atoms with Crippen molar-refractivity contribution in [2.75, 3.05) is 0 Å². The van der Waals surface area contributed by atoms with Gasteiger partial charge in [-0.3, -0.25) is 9.69 Å². The van der Waals surface area contributed by atoms with Crippen LogP contribution >= 0.6 is 15.9 Å². The molecule has 0 saturated carbocycles. The van der Waals surface area contributed by atoms with Gasteiger partial charge in [0.1, 0.15) is 18.1 Å². The summed E-state index contributed by atoms with van der Waals surface area (Å²) in [4.78, 5) is 26.2. The maximum Gasteiger partial charge on any atom is 0.329 e. The molecule has 32 heavy (non-hydrogen) atoms. The van der Waals surface area contributed by atoms with Crippen LogP contribution in [-0.2, 0) is 17.9 Å². The lowest BCUT2D eigenvalue weighted by Crippen LogP contribution is -2.30. The second-order valence-corrected chi connectivity index (χ2v) is 7.97. The highest BCUT2D eigenvalue weighted by Crippen LogP contribution is 2.28. The standard InChI is InChI=1S/C25H18BrN3O3/c26-21-12-18(10-11-23(21)32-16-20-9-5-4-8-19(20)14-27)13-22-24(30)29(25(31)28-22)15-17-6-2-1-3-7-17/h1-13H,15-16H2,(H,28,31)/b22-13+. The van der Waals surface area contributed by atoms with Gasteiger partial charge in [-0.05, 0) is 51.3 Å². The van der Waals surface area contributed by atoms with Crippen LogP contribution in [0.3, 0.4) is 0 Å². The normalized spacial score (nSPS) is 14.4. The van der Waals surface area contributed by atoms with Crippen molar-refractivity contribution in [2.24, 2.45) is 0 Å². The van der Waals surface area contributed by atoms with Crippen molar-refractivity contribution in [3.63, 3.8) is 0 Å². The molecule has 0 aliphatic carbocycles. The van der Waals surface area contributed by atoms with Crippen molar-refractivity contribution in [3.05, 3.63) is 105 Å². The number of ether oxygens (including phenoxy) is 1. The Bertz CT molecular complexity index is 1250. The second kappa shape index (κ2) is 9.50. The number of nitrogens with one attached hydrogen (secondary N) is 1. The molecule has 0 aromatic heterocycles. The predicted octanol–water partition coefficient (Wildman–Crippen LogP) is 4.99. The van der Waals surface area contributed by atoms with Crippen molar-refractivity contribution in [1.82, 2.24) is 10.2 Å². The number of imide groups is 1. The van der Waals surface area contributed by atoms with Crippen LogP contribution in [0.15, 0.2) is 83.0 Å². The number of hydrogen-bond donors (Lipinski definition) is 1. The fourth-order valence-corrected chi connectivity index (χ4v) is 3.79. The average Bonchev–Trinajstić information content (AvgIpc) is 3.06. The van der Waals surface area contributed by atoms with E-state index in [1.165, 1.54) is 4.90 Å². The summed E-state index contributed by atoms with van der Waals surface area (Å²) in [6.07, 6.45) is 1.63. The van der Waals surface area contributed by atoms with Gasteiger partial charge in [-0.1, -0.05) is 54.6 Å². The monoisotopic (exact) mass is 487 g/mol. The van der Waals surface area contributed by atoms with E-state index in [1.54, 1.807) is 30.3 Å². The van der Waals surface area contributed by atoms with Gasteiger partial charge >= 0.3 is 6.03 Å². The number of nitrogens with zero attached hydrogens (tertiary/aromatic N) is 2. The minimum atomic E-state index is -0.444. The van der Waals surface area contributed by atoms with E-state index in [0.29, 0.717) is 15.8 Å². The highest BCUT2D eigenvalue weighted by molar-refractivity contribution is 9.10. The number of amides is 3. The zero-order valence-corrected chi connectivity index (χ0v) is 18.5. The van der Waals surface area contributed by atoms with Gasteiger partial charge < -0.3 is 10.1 Å². The van der Waals surface area contributed by atoms with E-state index >= 15 is 0 Å².